The summed E-state index contributed by atoms with van der Waals surface area (Å²) in [7, 11) is 0. The van der Waals surface area contributed by atoms with Crippen molar-refractivity contribution in [2.75, 3.05) is 0 Å². The molecule has 134 valence electrons. The average molecular weight is 365 g/mol. The van der Waals surface area contributed by atoms with Gasteiger partial charge in [-0.3, -0.25) is 4.79 Å². The van der Waals surface area contributed by atoms with Crippen LogP contribution in [0.2, 0.25) is 0 Å². The number of hydrogen-bond acceptors (Lipinski definition) is 2. The van der Waals surface area contributed by atoms with Crippen molar-refractivity contribution in [1.82, 2.24) is 4.57 Å². The second-order valence-corrected chi connectivity index (χ2v) is 8.46. The van der Waals surface area contributed by atoms with Crippen LogP contribution in [0.25, 0.3) is 10.2 Å². The fraction of sp³-hybridized carbons (Fsp3) is 0.273. The molecule has 0 fully saturated rings. The minimum Gasteiger partial charge on any atom is -0.312 e. The molecule has 0 radical (unpaired) electrons. The number of rotatable bonds is 3. The van der Waals surface area contributed by atoms with Gasteiger partial charge in [-0.05, 0) is 41.7 Å². The van der Waals surface area contributed by atoms with Gasteiger partial charge in [-0.1, -0.05) is 62.4 Å². The Balaban J connectivity index is 2.07. The number of hydrogen-bond donors (Lipinski definition) is 0. The van der Waals surface area contributed by atoms with Gasteiger partial charge in [-0.25, -0.2) is 0 Å². The van der Waals surface area contributed by atoms with Crippen molar-refractivity contribution in [3.05, 3.63) is 76.6 Å². The first-order valence-electron chi connectivity index (χ1n) is 8.70. The summed E-state index contributed by atoms with van der Waals surface area (Å²) < 4.78 is 3.19. The summed E-state index contributed by atoms with van der Waals surface area (Å²) in [6.07, 6.45) is 1.83. The molecule has 0 aliphatic rings. The zero-order chi connectivity index (χ0) is 18.9. The van der Waals surface area contributed by atoms with Gasteiger partial charge in [0.2, 0.25) is 0 Å². The van der Waals surface area contributed by atoms with Gasteiger partial charge in [0, 0.05) is 12.1 Å². The van der Waals surface area contributed by atoms with E-state index in [0.29, 0.717) is 16.9 Å². The molecule has 0 aliphatic carbocycles. The smallest absolute Gasteiger partial charge is 0.279 e. The molecule has 1 amide bonds. The van der Waals surface area contributed by atoms with E-state index in [-0.39, 0.29) is 11.3 Å². The fourth-order valence-electron chi connectivity index (χ4n) is 2.96. The van der Waals surface area contributed by atoms with Crippen LogP contribution in [0, 0.1) is 6.92 Å². The Morgan fingerprint density at radius 1 is 1.19 bits per heavy atom. The van der Waals surface area contributed by atoms with Gasteiger partial charge in [-0.15, -0.1) is 6.58 Å². The molecular formula is C22H24N2OS. The molecule has 3 aromatic rings. The predicted molar refractivity (Wildman–Crippen MR) is 110 cm³/mol. The van der Waals surface area contributed by atoms with Crippen molar-refractivity contribution in [1.29, 1.82) is 0 Å². The largest absolute Gasteiger partial charge is 0.312 e. The zero-order valence-electron chi connectivity index (χ0n) is 15.7. The topological polar surface area (TPSA) is 34.4 Å². The standard InChI is InChI=1S/C22H24N2OS/c1-6-14-24-19-15(2)8-7-9-18(19)26-21(24)23-20(25)16-10-12-17(13-11-16)22(3,4)5/h6-13H,1,14H2,2-5H3. The van der Waals surface area contributed by atoms with E-state index in [9.17, 15) is 4.79 Å². The van der Waals surface area contributed by atoms with Crippen LogP contribution in [0.3, 0.4) is 0 Å². The maximum Gasteiger partial charge on any atom is 0.279 e. The molecule has 1 aromatic heterocycles. The van der Waals surface area contributed by atoms with Gasteiger partial charge in [0.25, 0.3) is 5.91 Å². The molecule has 0 atom stereocenters. The normalized spacial score (nSPS) is 12.5. The third kappa shape index (κ3) is 3.56. The molecule has 2 aromatic carbocycles. The summed E-state index contributed by atoms with van der Waals surface area (Å²) >= 11 is 1.54. The molecular weight excluding hydrogens is 340 g/mol. The van der Waals surface area contributed by atoms with Crippen molar-refractivity contribution >= 4 is 27.5 Å². The van der Waals surface area contributed by atoms with Gasteiger partial charge >= 0.3 is 0 Å². The average Bonchev–Trinajstić information content (AvgIpc) is 2.93. The van der Waals surface area contributed by atoms with Crippen LogP contribution in [0.4, 0.5) is 0 Å². The van der Waals surface area contributed by atoms with E-state index in [4.69, 9.17) is 0 Å². The first-order chi connectivity index (χ1) is 12.3. The molecule has 0 unspecified atom stereocenters. The lowest BCUT2D eigenvalue weighted by Gasteiger charge is -2.18. The Morgan fingerprint density at radius 2 is 1.88 bits per heavy atom. The molecule has 0 saturated carbocycles. The highest BCUT2D eigenvalue weighted by Gasteiger charge is 2.14. The molecule has 3 rings (SSSR count). The minimum absolute atomic E-state index is 0.0642. The number of allylic oxidation sites excluding steroid dienone is 1. The summed E-state index contributed by atoms with van der Waals surface area (Å²) in [4.78, 5) is 17.8. The first-order valence-corrected chi connectivity index (χ1v) is 9.52. The molecule has 0 N–H and O–H groups in total. The minimum atomic E-state index is -0.215. The van der Waals surface area contributed by atoms with Crippen LogP contribution in [-0.2, 0) is 12.0 Å². The lowest BCUT2D eigenvalue weighted by atomic mass is 9.87. The second-order valence-electron chi connectivity index (χ2n) is 7.45. The number of thiazole rings is 1. The van der Waals surface area contributed by atoms with Crippen molar-refractivity contribution in [3.8, 4) is 0 Å². The van der Waals surface area contributed by atoms with Gasteiger partial charge in [0.1, 0.15) is 0 Å². The molecule has 1 heterocycles. The monoisotopic (exact) mass is 364 g/mol. The number of carbonyl (C=O) groups is 1. The fourth-order valence-corrected chi connectivity index (χ4v) is 4.07. The third-order valence-corrected chi connectivity index (χ3v) is 5.45. The number of amides is 1. The Kier molecular flexibility index (Phi) is 4.97. The van der Waals surface area contributed by atoms with Crippen LogP contribution >= 0.6 is 11.3 Å². The quantitative estimate of drug-likeness (QED) is 0.586. The number of aromatic nitrogens is 1. The van der Waals surface area contributed by atoms with Crippen LogP contribution in [0.15, 0.2) is 60.1 Å². The van der Waals surface area contributed by atoms with E-state index in [0.717, 1.165) is 10.2 Å². The Labute approximate surface area is 158 Å². The number of fused-ring (bicyclic) bond motifs is 1. The highest BCUT2D eigenvalue weighted by atomic mass is 32.1. The maximum atomic E-state index is 12.7. The van der Waals surface area contributed by atoms with E-state index in [1.807, 2.05) is 36.4 Å². The number of aryl methyl sites for hydroxylation is 1. The van der Waals surface area contributed by atoms with Crippen molar-refractivity contribution in [3.63, 3.8) is 0 Å². The summed E-state index contributed by atoms with van der Waals surface area (Å²) in [6, 6.07) is 13.9. The molecule has 0 bridgehead atoms. The highest BCUT2D eigenvalue weighted by Crippen LogP contribution is 2.23. The predicted octanol–water partition coefficient (Wildman–Crippen LogP) is 5.24. The first kappa shape index (κ1) is 18.3. The molecule has 0 spiro atoms. The number of nitrogens with zero attached hydrogens (tertiary/aromatic N) is 2. The van der Waals surface area contributed by atoms with Gasteiger partial charge in [-0.2, -0.15) is 4.99 Å². The summed E-state index contributed by atoms with van der Waals surface area (Å²) in [5.41, 5.74) is 4.16. The molecule has 4 heteroatoms. The van der Waals surface area contributed by atoms with E-state index in [1.165, 1.54) is 22.5 Å². The van der Waals surface area contributed by atoms with Gasteiger partial charge in [0.15, 0.2) is 4.80 Å². The summed E-state index contributed by atoms with van der Waals surface area (Å²) in [6.45, 7) is 13.0. The third-order valence-electron chi connectivity index (χ3n) is 4.41. The summed E-state index contributed by atoms with van der Waals surface area (Å²) in [5, 5.41) is 0. The van der Waals surface area contributed by atoms with Crippen LogP contribution in [0.5, 0.6) is 0 Å². The van der Waals surface area contributed by atoms with Crippen molar-refractivity contribution < 1.29 is 4.79 Å². The lowest BCUT2D eigenvalue weighted by molar-refractivity contribution is 0.0998. The molecule has 3 nitrogen and oxygen atoms in total. The Hall–Kier alpha value is -2.46. The van der Waals surface area contributed by atoms with Crippen LogP contribution in [-0.4, -0.2) is 10.5 Å². The van der Waals surface area contributed by atoms with E-state index in [2.05, 4.69) is 56.0 Å². The summed E-state index contributed by atoms with van der Waals surface area (Å²) in [5.74, 6) is -0.215. The second kappa shape index (κ2) is 7.04. The van der Waals surface area contributed by atoms with Gasteiger partial charge < -0.3 is 4.57 Å². The van der Waals surface area contributed by atoms with Gasteiger partial charge in [0.05, 0.1) is 10.2 Å². The molecule has 26 heavy (non-hydrogen) atoms. The maximum absolute atomic E-state index is 12.7. The van der Waals surface area contributed by atoms with E-state index in [1.54, 1.807) is 0 Å². The van der Waals surface area contributed by atoms with Crippen LogP contribution < -0.4 is 4.80 Å². The molecule has 0 saturated heterocycles. The van der Waals surface area contributed by atoms with Crippen molar-refractivity contribution in [2.45, 2.75) is 39.7 Å². The Morgan fingerprint density at radius 3 is 2.50 bits per heavy atom. The number of para-hydroxylation sites is 1. The highest BCUT2D eigenvalue weighted by molar-refractivity contribution is 7.16. The van der Waals surface area contributed by atoms with E-state index < -0.39 is 0 Å². The lowest BCUT2D eigenvalue weighted by Crippen LogP contribution is -2.17. The Bertz CT molecular complexity index is 1030. The SMILES string of the molecule is C=CCn1c(=NC(=O)c2ccc(C(C)(C)C)cc2)sc2cccc(C)c21. The molecule has 0 aliphatic heterocycles. The zero-order valence-corrected chi connectivity index (χ0v) is 16.6. The number of carbonyl (C=O) groups excluding carboxylic acids is 1. The van der Waals surface area contributed by atoms with E-state index >= 15 is 0 Å². The number of benzene rings is 2. The van der Waals surface area contributed by atoms with Crippen LogP contribution in [0.1, 0.15) is 42.3 Å². The van der Waals surface area contributed by atoms with Crippen molar-refractivity contribution in [2.24, 2.45) is 4.99 Å².